The van der Waals surface area contributed by atoms with Crippen LogP contribution in [-0.2, 0) is 11.3 Å². The number of rotatable bonds is 6. The van der Waals surface area contributed by atoms with Crippen molar-refractivity contribution >= 4 is 5.78 Å². The van der Waals surface area contributed by atoms with Gasteiger partial charge in [-0.05, 0) is 19.0 Å². The predicted octanol–water partition coefficient (Wildman–Crippen LogP) is 2.49. The lowest BCUT2D eigenvalue weighted by molar-refractivity contribution is -0.117. The SMILES string of the molecule is CCN(CCC(C)=O)Cc1ccccc1. The molecule has 0 bridgehead atoms. The molecule has 0 heterocycles. The van der Waals surface area contributed by atoms with Crippen LogP contribution in [0.4, 0.5) is 0 Å². The smallest absolute Gasteiger partial charge is 0.131 e. The van der Waals surface area contributed by atoms with Crippen LogP contribution in [-0.4, -0.2) is 23.8 Å². The van der Waals surface area contributed by atoms with Gasteiger partial charge in [-0.3, -0.25) is 9.69 Å². The molecule has 0 spiro atoms. The van der Waals surface area contributed by atoms with Crippen LogP contribution in [0.3, 0.4) is 0 Å². The van der Waals surface area contributed by atoms with Crippen LogP contribution < -0.4 is 0 Å². The van der Waals surface area contributed by atoms with Gasteiger partial charge in [-0.25, -0.2) is 0 Å². The number of Topliss-reactive ketones (excluding diaryl/α,β-unsaturated/α-hetero) is 1. The molecule has 0 radical (unpaired) electrons. The van der Waals surface area contributed by atoms with Gasteiger partial charge in [0.15, 0.2) is 0 Å². The van der Waals surface area contributed by atoms with Crippen molar-refractivity contribution in [1.82, 2.24) is 4.90 Å². The minimum atomic E-state index is 0.265. The Labute approximate surface area is 91.9 Å². The van der Waals surface area contributed by atoms with Gasteiger partial charge in [0.25, 0.3) is 0 Å². The van der Waals surface area contributed by atoms with Crippen molar-refractivity contribution in [2.75, 3.05) is 13.1 Å². The fourth-order valence-electron chi connectivity index (χ4n) is 1.51. The van der Waals surface area contributed by atoms with Crippen molar-refractivity contribution in [3.8, 4) is 0 Å². The number of hydrogen-bond acceptors (Lipinski definition) is 2. The molecule has 0 aliphatic carbocycles. The first kappa shape index (κ1) is 11.9. The molecule has 0 saturated heterocycles. The van der Waals surface area contributed by atoms with Crippen LogP contribution in [0.2, 0.25) is 0 Å². The third kappa shape index (κ3) is 4.75. The quantitative estimate of drug-likeness (QED) is 0.711. The number of nitrogens with zero attached hydrogens (tertiary/aromatic N) is 1. The molecule has 0 aliphatic heterocycles. The first-order chi connectivity index (χ1) is 7.22. The van der Waals surface area contributed by atoms with E-state index in [9.17, 15) is 4.79 Å². The van der Waals surface area contributed by atoms with E-state index in [1.165, 1.54) is 5.56 Å². The Bertz CT molecular complexity index is 295. The van der Waals surface area contributed by atoms with Crippen molar-refractivity contribution in [2.24, 2.45) is 0 Å². The summed E-state index contributed by atoms with van der Waals surface area (Å²) in [5.74, 6) is 0.265. The Kier molecular flexibility index (Phi) is 5.05. The Morgan fingerprint density at radius 2 is 1.93 bits per heavy atom. The van der Waals surface area contributed by atoms with Gasteiger partial charge < -0.3 is 0 Å². The second kappa shape index (κ2) is 6.36. The molecule has 0 N–H and O–H groups in total. The first-order valence-corrected chi connectivity index (χ1v) is 5.48. The zero-order valence-corrected chi connectivity index (χ0v) is 9.57. The lowest BCUT2D eigenvalue weighted by Crippen LogP contribution is -2.25. The van der Waals surface area contributed by atoms with E-state index in [-0.39, 0.29) is 5.78 Å². The molecule has 1 aromatic carbocycles. The zero-order chi connectivity index (χ0) is 11.1. The van der Waals surface area contributed by atoms with Gasteiger partial charge in [-0.2, -0.15) is 0 Å². The summed E-state index contributed by atoms with van der Waals surface area (Å²) >= 11 is 0. The summed E-state index contributed by atoms with van der Waals surface area (Å²) in [6.07, 6.45) is 0.653. The molecule has 0 aliphatic rings. The van der Waals surface area contributed by atoms with E-state index in [1.54, 1.807) is 6.92 Å². The zero-order valence-electron chi connectivity index (χ0n) is 9.57. The number of benzene rings is 1. The monoisotopic (exact) mass is 205 g/mol. The van der Waals surface area contributed by atoms with Crippen molar-refractivity contribution in [2.45, 2.75) is 26.8 Å². The Balaban J connectivity index is 2.43. The normalized spacial score (nSPS) is 10.6. The van der Waals surface area contributed by atoms with Crippen molar-refractivity contribution in [3.05, 3.63) is 35.9 Å². The van der Waals surface area contributed by atoms with Crippen LogP contribution in [0, 0.1) is 0 Å². The van der Waals surface area contributed by atoms with Gasteiger partial charge in [0, 0.05) is 19.5 Å². The van der Waals surface area contributed by atoms with Gasteiger partial charge in [0.1, 0.15) is 5.78 Å². The van der Waals surface area contributed by atoms with E-state index >= 15 is 0 Å². The highest BCUT2D eigenvalue weighted by Gasteiger charge is 2.04. The van der Waals surface area contributed by atoms with E-state index in [2.05, 4.69) is 24.0 Å². The van der Waals surface area contributed by atoms with Crippen LogP contribution in [0.5, 0.6) is 0 Å². The third-order valence-electron chi connectivity index (χ3n) is 2.48. The van der Waals surface area contributed by atoms with E-state index in [4.69, 9.17) is 0 Å². The summed E-state index contributed by atoms with van der Waals surface area (Å²) in [6, 6.07) is 10.4. The maximum atomic E-state index is 10.9. The molecule has 0 aromatic heterocycles. The topological polar surface area (TPSA) is 20.3 Å². The fourth-order valence-corrected chi connectivity index (χ4v) is 1.51. The largest absolute Gasteiger partial charge is 0.300 e. The van der Waals surface area contributed by atoms with Crippen LogP contribution >= 0.6 is 0 Å². The van der Waals surface area contributed by atoms with Gasteiger partial charge >= 0.3 is 0 Å². The third-order valence-corrected chi connectivity index (χ3v) is 2.48. The highest BCUT2D eigenvalue weighted by molar-refractivity contribution is 5.75. The van der Waals surface area contributed by atoms with Gasteiger partial charge in [-0.1, -0.05) is 37.3 Å². The van der Waals surface area contributed by atoms with E-state index in [1.807, 2.05) is 18.2 Å². The summed E-state index contributed by atoms with van der Waals surface area (Å²) in [5.41, 5.74) is 1.31. The lowest BCUT2D eigenvalue weighted by atomic mass is 10.2. The molecule has 82 valence electrons. The van der Waals surface area contributed by atoms with E-state index < -0.39 is 0 Å². The summed E-state index contributed by atoms with van der Waals surface area (Å²) in [6.45, 7) is 6.56. The second-order valence-corrected chi connectivity index (χ2v) is 3.81. The van der Waals surface area contributed by atoms with Gasteiger partial charge in [0.05, 0.1) is 0 Å². The Morgan fingerprint density at radius 1 is 1.27 bits per heavy atom. The molecule has 0 amide bonds. The van der Waals surface area contributed by atoms with Gasteiger partial charge in [0.2, 0.25) is 0 Å². The molecule has 0 unspecified atom stereocenters. The molecule has 2 heteroatoms. The summed E-state index contributed by atoms with van der Waals surface area (Å²) in [7, 11) is 0. The minimum Gasteiger partial charge on any atom is -0.300 e. The second-order valence-electron chi connectivity index (χ2n) is 3.81. The minimum absolute atomic E-state index is 0.265. The van der Waals surface area contributed by atoms with E-state index in [0.29, 0.717) is 6.42 Å². The van der Waals surface area contributed by atoms with Crippen molar-refractivity contribution in [3.63, 3.8) is 0 Å². The average molecular weight is 205 g/mol. The van der Waals surface area contributed by atoms with E-state index in [0.717, 1.165) is 19.6 Å². The standard InChI is InChI=1S/C13H19NO/c1-3-14(10-9-12(2)15)11-13-7-5-4-6-8-13/h4-8H,3,9-11H2,1-2H3. The molecular formula is C13H19NO. The Hall–Kier alpha value is -1.15. The van der Waals surface area contributed by atoms with Crippen LogP contribution in [0.25, 0.3) is 0 Å². The highest BCUT2D eigenvalue weighted by atomic mass is 16.1. The molecular weight excluding hydrogens is 186 g/mol. The molecule has 15 heavy (non-hydrogen) atoms. The lowest BCUT2D eigenvalue weighted by Gasteiger charge is -2.19. The van der Waals surface area contributed by atoms with Crippen LogP contribution in [0.1, 0.15) is 25.8 Å². The number of ketones is 1. The molecule has 1 aromatic rings. The number of carbonyl (C=O) groups is 1. The predicted molar refractivity (Wildman–Crippen MR) is 62.7 cm³/mol. The fraction of sp³-hybridized carbons (Fsp3) is 0.462. The molecule has 1 rings (SSSR count). The van der Waals surface area contributed by atoms with Gasteiger partial charge in [-0.15, -0.1) is 0 Å². The first-order valence-electron chi connectivity index (χ1n) is 5.48. The maximum absolute atomic E-state index is 10.9. The molecule has 0 atom stereocenters. The highest BCUT2D eigenvalue weighted by Crippen LogP contribution is 2.04. The number of hydrogen-bond donors (Lipinski definition) is 0. The number of carbonyl (C=O) groups excluding carboxylic acids is 1. The summed E-state index contributed by atoms with van der Waals surface area (Å²) in [4.78, 5) is 13.2. The average Bonchev–Trinajstić information content (AvgIpc) is 2.25. The molecule has 2 nitrogen and oxygen atoms in total. The molecule has 0 fully saturated rings. The summed E-state index contributed by atoms with van der Waals surface area (Å²) in [5, 5.41) is 0. The summed E-state index contributed by atoms with van der Waals surface area (Å²) < 4.78 is 0. The van der Waals surface area contributed by atoms with Crippen LogP contribution in [0.15, 0.2) is 30.3 Å². The molecule has 0 saturated carbocycles. The van der Waals surface area contributed by atoms with Crippen molar-refractivity contribution < 1.29 is 4.79 Å². The Morgan fingerprint density at radius 3 is 2.47 bits per heavy atom. The maximum Gasteiger partial charge on any atom is 0.131 e. The van der Waals surface area contributed by atoms with Crippen molar-refractivity contribution in [1.29, 1.82) is 0 Å².